The van der Waals surface area contributed by atoms with Crippen LogP contribution in [-0.4, -0.2) is 36.5 Å². The van der Waals surface area contributed by atoms with Crippen LogP contribution in [0, 0.1) is 0 Å². The van der Waals surface area contributed by atoms with Crippen LogP contribution in [-0.2, 0) is 17.9 Å². The molecule has 7 heteroatoms. The average Bonchev–Trinajstić information content (AvgIpc) is 3.17. The summed E-state index contributed by atoms with van der Waals surface area (Å²) in [5.74, 6) is 1.58. The van der Waals surface area contributed by atoms with E-state index in [-0.39, 0.29) is 5.91 Å². The minimum absolute atomic E-state index is 0.209. The van der Waals surface area contributed by atoms with E-state index < -0.39 is 0 Å². The van der Waals surface area contributed by atoms with Crippen molar-refractivity contribution < 1.29 is 9.53 Å². The van der Waals surface area contributed by atoms with Gasteiger partial charge >= 0.3 is 0 Å². The summed E-state index contributed by atoms with van der Waals surface area (Å²) in [5, 5.41) is 6.62. The number of nitrogens with one attached hydrogen (secondary N) is 2. The minimum atomic E-state index is 0.209. The third kappa shape index (κ3) is 5.94. The number of hydrogen-bond donors (Lipinski definition) is 2. The second-order valence-electron chi connectivity index (χ2n) is 6.80. The molecule has 0 atom stereocenters. The molecule has 2 heterocycles. The fourth-order valence-electron chi connectivity index (χ4n) is 3.19. The van der Waals surface area contributed by atoms with Crippen molar-refractivity contribution in [2.24, 2.45) is 4.99 Å². The summed E-state index contributed by atoms with van der Waals surface area (Å²) in [6, 6.07) is 12.0. The van der Waals surface area contributed by atoms with Crippen LogP contribution >= 0.6 is 0 Å². The lowest BCUT2D eigenvalue weighted by molar-refractivity contribution is -0.117. The van der Waals surface area contributed by atoms with Gasteiger partial charge in [-0.1, -0.05) is 12.1 Å². The van der Waals surface area contributed by atoms with Gasteiger partial charge in [0.05, 0.1) is 13.2 Å². The zero-order valence-corrected chi connectivity index (χ0v) is 17.1. The number of hydrogen-bond acceptors (Lipinski definition) is 4. The molecular weight excluding hydrogens is 366 g/mol. The first-order chi connectivity index (χ1) is 14.2. The zero-order chi connectivity index (χ0) is 20.5. The number of pyridine rings is 1. The van der Waals surface area contributed by atoms with Crippen LogP contribution in [0.25, 0.3) is 0 Å². The molecule has 0 aliphatic carbocycles. The van der Waals surface area contributed by atoms with Gasteiger partial charge in [0.15, 0.2) is 5.96 Å². The third-order valence-corrected chi connectivity index (χ3v) is 4.64. The van der Waals surface area contributed by atoms with Crippen molar-refractivity contribution in [1.82, 2.24) is 15.6 Å². The number of anilines is 1. The summed E-state index contributed by atoms with van der Waals surface area (Å²) in [6.45, 7) is 7.35. The molecule has 154 valence electrons. The Bertz CT molecular complexity index is 835. The van der Waals surface area contributed by atoms with E-state index in [1.807, 2.05) is 43.0 Å². The Morgan fingerprint density at radius 3 is 2.69 bits per heavy atom. The Morgan fingerprint density at radius 1 is 1.17 bits per heavy atom. The minimum Gasteiger partial charge on any atom is -0.478 e. The third-order valence-electron chi connectivity index (χ3n) is 4.64. The van der Waals surface area contributed by atoms with Crippen molar-refractivity contribution in [3.05, 3.63) is 53.7 Å². The van der Waals surface area contributed by atoms with E-state index in [0.29, 0.717) is 32.0 Å². The van der Waals surface area contributed by atoms with E-state index in [1.165, 1.54) is 0 Å². The van der Waals surface area contributed by atoms with E-state index in [2.05, 4.69) is 32.7 Å². The molecular formula is C22H29N5O2. The van der Waals surface area contributed by atoms with Gasteiger partial charge in [0.1, 0.15) is 0 Å². The molecule has 3 rings (SSSR count). The first-order valence-corrected chi connectivity index (χ1v) is 10.2. The molecule has 0 saturated carbocycles. The standard InChI is InChI=1S/C22H29N5O2/c1-3-23-22(26-16-18-11-12-24-20(14-18)29-4-2)25-15-17-7-9-19(10-8-17)27-13-5-6-21(27)28/h7-12,14H,3-6,13,15-16H2,1-2H3,(H2,23,25,26). The number of carbonyl (C=O) groups is 1. The fraction of sp³-hybridized carbons (Fsp3) is 0.409. The number of ether oxygens (including phenoxy) is 1. The Kier molecular flexibility index (Phi) is 7.44. The number of carbonyl (C=O) groups excluding carboxylic acids is 1. The van der Waals surface area contributed by atoms with Crippen LogP contribution < -0.4 is 20.3 Å². The molecule has 2 N–H and O–H groups in total. The molecule has 1 aliphatic rings. The zero-order valence-electron chi connectivity index (χ0n) is 17.1. The molecule has 29 heavy (non-hydrogen) atoms. The van der Waals surface area contributed by atoms with Gasteiger partial charge < -0.3 is 20.3 Å². The maximum Gasteiger partial charge on any atom is 0.227 e. The van der Waals surface area contributed by atoms with E-state index in [9.17, 15) is 4.79 Å². The van der Waals surface area contributed by atoms with Gasteiger partial charge in [-0.05, 0) is 49.6 Å². The first kappa shape index (κ1) is 20.6. The molecule has 1 fully saturated rings. The van der Waals surface area contributed by atoms with Gasteiger partial charge in [0, 0.05) is 44.0 Å². The van der Waals surface area contributed by atoms with Gasteiger partial charge in [0.2, 0.25) is 11.8 Å². The highest BCUT2D eigenvalue weighted by Gasteiger charge is 2.21. The summed E-state index contributed by atoms with van der Waals surface area (Å²) < 4.78 is 5.44. The highest BCUT2D eigenvalue weighted by atomic mass is 16.5. The summed E-state index contributed by atoms with van der Waals surface area (Å²) >= 11 is 0. The Labute approximate surface area is 172 Å². The van der Waals surface area contributed by atoms with Crippen molar-refractivity contribution >= 4 is 17.6 Å². The number of benzene rings is 1. The van der Waals surface area contributed by atoms with Gasteiger partial charge in [-0.25, -0.2) is 9.98 Å². The second kappa shape index (κ2) is 10.5. The molecule has 0 bridgehead atoms. The number of nitrogens with zero attached hydrogens (tertiary/aromatic N) is 3. The van der Waals surface area contributed by atoms with Gasteiger partial charge in [-0.3, -0.25) is 4.79 Å². The molecule has 7 nitrogen and oxygen atoms in total. The predicted octanol–water partition coefficient (Wildman–Crippen LogP) is 2.86. The summed E-state index contributed by atoms with van der Waals surface area (Å²) in [4.78, 5) is 22.6. The molecule has 0 unspecified atom stereocenters. The highest BCUT2D eigenvalue weighted by molar-refractivity contribution is 5.95. The topological polar surface area (TPSA) is 78.9 Å². The molecule has 1 aromatic carbocycles. The molecule has 2 aromatic rings. The SMILES string of the molecule is CCNC(=NCc1ccnc(OCC)c1)NCc1ccc(N2CCCC2=O)cc1. The molecule has 1 amide bonds. The van der Waals surface area contributed by atoms with Crippen molar-refractivity contribution in [1.29, 1.82) is 0 Å². The molecule has 0 spiro atoms. The molecule has 1 aliphatic heterocycles. The normalized spacial score (nSPS) is 14.2. The maximum absolute atomic E-state index is 11.9. The first-order valence-electron chi connectivity index (χ1n) is 10.2. The van der Waals surface area contributed by atoms with Crippen LogP contribution in [0.3, 0.4) is 0 Å². The second-order valence-corrected chi connectivity index (χ2v) is 6.80. The lowest BCUT2D eigenvalue weighted by Gasteiger charge is -2.16. The molecule has 1 saturated heterocycles. The number of aromatic nitrogens is 1. The summed E-state index contributed by atoms with van der Waals surface area (Å²) in [5.41, 5.74) is 3.15. The maximum atomic E-state index is 11.9. The number of rotatable bonds is 8. The largest absolute Gasteiger partial charge is 0.478 e. The van der Waals surface area contributed by atoms with Crippen LogP contribution in [0.15, 0.2) is 47.6 Å². The van der Waals surface area contributed by atoms with Gasteiger partial charge in [-0.15, -0.1) is 0 Å². The number of guanidine groups is 1. The summed E-state index contributed by atoms with van der Waals surface area (Å²) in [7, 11) is 0. The Balaban J connectivity index is 1.58. The van der Waals surface area contributed by atoms with Crippen LogP contribution in [0.4, 0.5) is 5.69 Å². The highest BCUT2D eigenvalue weighted by Crippen LogP contribution is 2.21. The van der Waals surface area contributed by atoms with E-state index in [1.54, 1.807) is 6.20 Å². The van der Waals surface area contributed by atoms with Crippen molar-refractivity contribution in [2.45, 2.75) is 39.8 Å². The fourth-order valence-corrected chi connectivity index (χ4v) is 3.19. The van der Waals surface area contributed by atoms with Gasteiger partial charge in [-0.2, -0.15) is 0 Å². The van der Waals surface area contributed by atoms with Crippen molar-refractivity contribution in [2.75, 3.05) is 24.6 Å². The van der Waals surface area contributed by atoms with E-state index in [0.717, 1.165) is 42.3 Å². The molecule has 1 aromatic heterocycles. The lowest BCUT2D eigenvalue weighted by atomic mass is 10.2. The van der Waals surface area contributed by atoms with Gasteiger partial charge in [0.25, 0.3) is 0 Å². The van der Waals surface area contributed by atoms with Crippen molar-refractivity contribution in [3.8, 4) is 5.88 Å². The summed E-state index contributed by atoms with van der Waals surface area (Å²) in [6.07, 6.45) is 3.33. The number of amides is 1. The number of aliphatic imine (C=N–C) groups is 1. The Hall–Kier alpha value is -3.09. The quantitative estimate of drug-likeness (QED) is 0.531. The lowest BCUT2D eigenvalue weighted by Crippen LogP contribution is -2.36. The van der Waals surface area contributed by atoms with Crippen molar-refractivity contribution in [3.63, 3.8) is 0 Å². The monoisotopic (exact) mass is 395 g/mol. The molecule has 0 radical (unpaired) electrons. The van der Waals surface area contributed by atoms with E-state index in [4.69, 9.17) is 4.74 Å². The van der Waals surface area contributed by atoms with Crippen LogP contribution in [0.2, 0.25) is 0 Å². The predicted molar refractivity (Wildman–Crippen MR) is 115 cm³/mol. The smallest absolute Gasteiger partial charge is 0.227 e. The van der Waals surface area contributed by atoms with Crippen LogP contribution in [0.5, 0.6) is 5.88 Å². The van der Waals surface area contributed by atoms with E-state index >= 15 is 0 Å². The van der Waals surface area contributed by atoms with Crippen LogP contribution in [0.1, 0.15) is 37.8 Å². The Morgan fingerprint density at radius 2 is 2.00 bits per heavy atom. The average molecular weight is 396 g/mol.